The zero-order chi connectivity index (χ0) is 13.6. The van der Waals surface area contributed by atoms with Crippen molar-refractivity contribution in [1.29, 1.82) is 0 Å². The maximum Gasteiger partial charge on any atom is 0.419 e. The lowest BCUT2D eigenvalue weighted by atomic mass is 9.97. The van der Waals surface area contributed by atoms with Crippen molar-refractivity contribution in [2.45, 2.75) is 50.0 Å². The van der Waals surface area contributed by atoms with Gasteiger partial charge in [0.25, 0.3) is 0 Å². The molecule has 2 fully saturated rings. The van der Waals surface area contributed by atoms with Crippen LogP contribution in [-0.2, 0) is 6.18 Å². The molecular weight excluding hydrogens is 255 g/mol. The van der Waals surface area contributed by atoms with Gasteiger partial charge in [-0.2, -0.15) is 13.2 Å². The number of anilines is 1. The zero-order valence-electron chi connectivity index (χ0n) is 10.4. The molecule has 2 aliphatic heterocycles. The van der Waals surface area contributed by atoms with Crippen LogP contribution in [0.3, 0.4) is 0 Å². The molecule has 3 heterocycles. The Bertz CT molecular complexity index is 460. The SMILES string of the molecule is NC1CC2CCC(C1)N2c1ncccc1C(F)(F)F. The first-order chi connectivity index (χ1) is 8.97. The maximum atomic E-state index is 13.1. The Morgan fingerprint density at radius 2 is 1.84 bits per heavy atom. The molecule has 0 amide bonds. The summed E-state index contributed by atoms with van der Waals surface area (Å²) < 4.78 is 39.2. The highest BCUT2D eigenvalue weighted by atomic mass is 19.4. The van der Waals surface area contributed by atoms with Crippen molar-refractivity contribution in [3.8, 4) is 0 Å². The highest BCUT2D eigenvalue weighted by Gasteiger charge is 2.44. The van der Waals surface area contributed by atoms with Crippen LogP contribution in [-0.4, -0.2) is 23.1 Å². The van der Waals surface area contributed by atoms with Crippen LogP contribution in [0.4, 0.5) is 19.0 Å². The van der Waals surface area contributed by atoms with E-state index in [0.29, 0.717) is 0 Å². The lowest BCUT2D eigenvalue weighted by Crippen LogP contribution is -2.48. The highest BCUT2D eigenvalue weighted by Crippen LogP contribution is 2.43. The molecule has 0 radical (unpaired) electrons. The third kappa shape index (κ3) is 2.18. The number of halogens is 3. The number of pyridine rings is 1. The lowest BCUT2D eigenvalue weighted by Gasteiger charge is -2.39. The summed E-state index contributed by atoms with van der Waals surface area (Å²) in [4.78, 5) is 5.85. The normalized spacial score (nSPS) is 30.7. The summed E-state index contributed by atoms with van der Waals surface area (Å²) in [6.45, 7) is 0. The Morgan fingerprint density at radius 1 is 1.21 bits per heavy atom. The van der Waals surface area contributed by atoms with Gasteiger partial charge in [0.05, 0.1) is 5.56 Å². The first-order valence-corrected chi connectivity index (χ1v) is 6.53. The van der Waals surface area contributed by atoms with E-state index in [2.05, 4.69) is 4.98 Å². The molecule has 0 aromatic carbocycles. The Balaban J connectivity index is 2.00. The summed E-state index contributed by atoms with van der Waals surface area (Å²) in [6.07, 6.45) is 0.397. The molecular formula is C13H16F3N3. The molecule has 3 nitrogen and oxygen atoms in total. The van der Waals surface area contributed by atoms with Gasteiger partial charge >= 0.3 is 6.18 Å². The number of nitrogens with two attached hydrogens (primary N) is 1. The van der Waals surface area contributed by atoms with Crippen LogP contribution in [0.1, 0.15) is 31.2 Å². The molecule has 2 saturated heterocycles. The van der Waals surface area contributed by atoms with Gasteiger partial charge in [0, 0.05) is 24.3 Å². The van der Waals surface area contributed by atoms with Crippen molar-refractivity contribution >= 4 is 5.82 Å². The van der Waals surface area contributed by atoms with Crippen LogP contribution in [0.15, 0.2) is 18.3 Å². The maximum absolute atomic E-state index is 13.1. The van der Waals surface area contributed by atoms with Crippen LogP contribution < -0.4 is 10.6 Å². The summed E-state index contributed by atoms with van der Waals surface area (Å²) in [5.74, 6) is 0.0781. The first-order valence-electron chi connectivity index (χ1n) is 6.53. The number of hydrogen-bond acceptors (Lipinski definition) is 3. The van der Waals surface area contributed by atoms with Crippen LogP contribution >= 0.6 is 0 Å². The Hall–Kier alpha value is -1.30. The van der Waals surface area contributed by atoms with Crippen LogP contribution in [0.2, 0.25) is 0 Å². The van der Waals surface area contributed by atoms with E-state index in [-0.39, 0.29) is 23.9 Å². The number of nitrogens with zero attached hydrogens (tertiary/aromatic N) is 2. The molecule has 1 aromatic rings. The van der Waals surface area contributed by atoms with Gasteiger partial charge in [-0.05, 0) is 37.8 Å². The summed E-state index contributed by atoms with van der Waals surface area (Å²) in [6, 6.07) is 2.75. The van der Waals surface area contributed by atoms with E-state index in [1.807, 2.05) is 4.90 Å². The number of rotatable bonds is 1. The predicted molar refractivity (Wildman–Crippen MR) is 65.7 cm³/mol. The van der Waals surface area contributed by atoms with Gasteiger partial charge in [-0.3, -0.25) is 0 Å². The van der Waals surface area contributed by atoms with Crippen molar-refractivity contribution in [1.82, 2.24) is 4.98 Å². The standard InChI is InChI=1S/C13H16F3N3/c14-13(15,16)11-2-1-5-18-12(11)19-9-3-4-10(19)7-8(17)6-9/h1-2,5,8-10H,3-4,6-7,17H2. The van der Waals surface area contributed by atoms with Gasteiger partial charge in [0.15, 0.2) is 0 Å². The van der Waals surface area contributed by atoms with Crippen LogP contribution in [0, 0.1) is 0 Å². The van der Waals surface area contributed by atoms with E-state index in [1.165, 1.54) is 12.3 Å². The van der Waals surface area contributed by atoms with Crippen molar-refractivity contribution in [3.05, 3.63) is 23.9 Å². The minimum absolute atomic E-state index is 0.0781. The second-order valence-electron chi connectivity index (χ2n) is 5.40. The van der Waals surface area contributed by atoms with Gasteiger partial charge in [0.1, 0.15) is 5.82 Å². The molecule has 2 bridgehead atoms. The topological polar surface area (TPSA) is 42.1 Å². The Labute approximate surface area is 109 Å². The van der Waals surface area contributed by atoms with Crippen LogP contribution in [0.25, 0.3) is 0 Å². The van der Waals surface area contributed by atoms with Gasteiger partial charge in [-0.15, -0.1) is 0 Å². The Kier molecular flexibility index (Phi) is 2.92. The molecule has 0 spiro atoms. The second kappa shape index (κ2) is 4.37. The van der Waals surface area contributed by atoms with Crippen molar-refractivity contribution in [2.24, 2.45) is 5.73 Å². The third-order valence-corrected chi connectivity index (χ3v) is 4.11. The number of piperidine rings is 1. The minimum atomic E-state index is -4.36. The molecule has 0 aliphatic carbocycles. The fourth-order valence-corrected chi connectivity index (χ4v) is 3.39. The molecule has 19 heavy (non-hydrogen) atoms. The minimum Gasteiger partial charge on any atom is -0.350 e. The van der Waals surface area contributed by atoms with E-state index in [9.17, 15) is 13.2 Å². The monoisotopic (exact) mass is 271 g/mol. The smallest absolute Gasteiger partial charge is 0.350 e. The van der Waals surface area contributed by atoms with E-state index in [4.69, 9.17) is 5.73 Å². The van der Waals surface area contributed by atoms with E-state index in [1.54, 1.807) is 0 Å². The Morgan fingerprint density at radius 3 is 2.42 bits per heavy atom. The van der Waals surface area contributed by atoms with Gasteiger partial charge < -0.3 is 10.6 Å². The lowest BCUT2D eigenvalue weighted by molar-refractivity contribution is -0.137. The van der Waals surface area contributed by atoms with E-state index >= 15 is 0 Å². The summed E-state index contributed by atoms with van der Waals surface area (Å²) in [5.41, 5.74) is 5.31. The fourth-order valence-electron chi connectivity index (χ4n) is 3.39. The van der Waals surface area contributed by atoms with E-state index < -0.39 is 11.7 Å². The molecule has 2 aliphatic rings. The largest absolute Gasteiger partial charge is 0.419 e. The average molecular weight is 271 g/mol. The molecule has 2 unspecified atom stereocenters. The number of fused-ring (bicyclic) bond motifs is 2. The quantitative estimate of drug-likeness (QED) is 0.853. The first kappa shape index (κ1) is 12.7. The van der Waals surface area contributed by atoms with Crippen molar-refractivity contribution < 1.29 is 13.2 Å². The number of alkyl halides is 3. The molecule has 6 heteroatoms. The average Bonchev–Trinajstić information content (AvgIpc) is 2.60. The number of aromatic nitrogens is 1. The third-order valence-electron chi connectivity index (χ3n) is 4.11. The summed E-state index contributed by atoms with van der Waals surface area (Å²) >= 11 is 0. The van der Waals surface area contributed by atoms with Crippen molar-refractivity contribution in [2.75, 3.05) is 4.90 Å². The predicted octanol–water partition coefficient (Wildman–Crippen LogP) is 2.56. The molecule has 2 atom stereocenters. The molecule has 0 saturated carbocycles. The number of hydrogen-bond donors (Lipinski definition) is 1. The molecule has 2 N–H and O–H groups in total. The van der Waals surface area contributed by atoms with E-state index in [0.717, 1.165) is 31.7 Å². The molecule has 3 rings (SSSR count). The highest BCUT2D eigenvalue weighted by molar-refractivity contribution is 5.52. The van der Waals surface area contributed by atoms with Gasteiger partial charge in [-0.1, -0.05) is 0 Å². The zero-order valence-corrected chi connectivity index (χ0v) is 10.4. The van der Waals surface area contributed by atoms with Gasteiger partial charge in [-0.25, -0.2) is 4.98 Å². The van der Waals surface area contributed by atoms with Gasteiger partial charge in [0.2, 0.25) is 0 Å². The van der Waals surface area contributed by atoms with Crippen molar-refractivity contribution in [3.63, 3.8) is 0 Å². The fraction of sp³-hybridized carbons (Fsp3) is 0.615. The molecule has 1 aromatic heterocycles. The molecule has 104 valence electrons. The second-order valence-corrected chi connectivity index (χ2v) is 5.40. The van der Waals surface area contributed by atoms with Crippen LogP contribution in [0.5, 0.6) is 0 Å². The summed E-state index contributed by atoms with van der Waals surface area (Å²) in [7, 11) is 0. The summed E-state index contributed by atoms with van der Waals surface area (Å²) in [5, 5.41) is 0.